The largest absolute Gasteiger partial charge is 0.471 e. The lowest BCUT2D eigenvalue weighted by molar-refractivity contribution is -0.120. The molecule has 0 aliphatic heterocycles. The van der Waals surface area contributed by atoms with E-state index in [4.69, 9.17) is 4.52 Å². The molecule has 2 aromatic carbocycles. The second-order valence-electron chi connectivity index (χ2n) is 7.17. The Kier molecular flexibility index (Phi) is 8.00. The molecule has 1 atom stereocenters. The van der Waals surface area contributed by atoms with Crippen LogP contribution in [0.15, 0.2) is 42.5 Å². The lowest BCUT2D eigenvalue weighted by atomic mass is 9.92. The zero-order valence-electron chi connectivity index (χ0n) is 17.2. The van der Waals surface area contributed by atoms with Crippen LogP contribution in [0.1, 0.15) is 31.2 Å². The number of carbonyl (C=O) groups is 1. The number of rotatable bonds is 10. The third-order valence-corrected chi connectivity index (χ3v) is 6.01. The summed E-state index contributed by atoms with van der Waals surface area (Å²) in [6.07, 6.45) is 8.06. The van der Waals surface area contributed by atoms with E-state index in [2.05, 4.69) is 40.2 Å². The maximum Gasteiger partial charge on any atom is 0.471 e. The van der Waals surface area contributed by atoms with Gasteiger partial charge in [-0.1, -0.05) is 54.6 Å². The molecule has 3 rings (SSSR count). The van der Waals surface area contributed by atoms with Crippen molar-refractivity contribution in [3.05, 3.63) is 58.5 Å². The van der Waals surface area contributed by atoms with Crippen LogP contribution >= 0.6 is 7.82 Å². The molecule has 160 valence electrons. The third kappa shape index (κ3) is 6.13. The smallest absolute Gasteiger partial charge is 0.356 e. The van der Waals surface area contributed by atoms with Gasteiger partial charge in [0.15, 0.2) is 0 Å². The maximum atomic E-state index is 12.5. The van der Waals surface area contributed by atoms with Gasteiger partial charge in [0.2, 0.25) is 5.91 Å². The molecule has 0 saturated heterocycles. The number of hydrogen-bond acceptors (Lipinski definition) is 4. The van der Waals surface area contributed by atoms with E-state index in [1.165, 1.54) is 10.4 Å². The topological polar surface area (TPSA) is 84.9 Å². The van der Waals surface area contributed by atoms with Gasteiger partial charge in [0.1, 0.15) is 0 Å². The molecule has 1 unspecified atom stereocenters. The van der Waals surface area contributed by atoms with Crippen molar-refractivity contribution in [3.63, 3.8) is 0 Å². The summed E-state index contributed by atoms with van der Waals surface area (Å²) in [7, 11) is -2.80. The fourth-order valence-corrected chi connectivity index (χ4v) is 4.03. The van der Waals surface area contributed by atoms with Gasteiger partial charge in [-0.25, -0.2) is 4.57 Å². The molecule has 0 fully saturated rings. The summed E-state index contributed by atoms with van der Waals surface area (Å²) in [6.45, 7) is 0.587. The van der Waals surface area contributed by atoms with Crippen molar-refractivity contribution in [1.82, 2.24) is 5.32 Å². The molecule has 1 amide bonds. The van der Waals surface area contributed by atoms with Crippen molar-refractivity contribution in [1.29, 1.82) is 0 Å². The summed E-state index contributed by atoms with van der Waals surface area (Å²) in [5, 5.41) is 5.36. The van der Waals surface area contributed by atoms with Gasteiger partial charge in [0, 0.05) is 13.7 Å². The zero-order valence-corrected chi connectivity index (χ0v) is 18.1. The van der Waals surface area contributed by atoms with Gasteiger partial charge in [-0.2, -0.15) is 0 Å². The Bertz CT molecular complexity index is 1040. The molecule has 1 aliphatic rings. The Morgan fingerprint density at radius 2 is 1.87 bits per heavy atom. The standard InChI is InChI=1S/C23H28NO5P/c1-28-30(26,27)29-16-8-7-15-24-22(25)17-20-14-13-18-9-5-6-12-21(18)23(20)19-10-3-2-4-11-19/h2-4,9-14H,5-8,15-17H2,1H3,(H,24,25)(H,26,27). The minimum Gasteiger partial charge on any atom is -0.356 e. The molecule has 0 heterocycles. The van der Waals surface area contributed by atoms with Gasteiger partial charge in [-0.05, 0) is 52.8 Å². The fourth-order valence-electron chi connectivity index (χ4n) is 3.56. The molecule has 0 aromatic heterocycles. The highest BCUT2D eigenvalue weighted by Gasteiger charge is 2.17. The van der Waals surface area contributed by atoms with Crippen LogP contribution in [0.5, 0.6) is 0 Å². The maximum absolute atomic E-state index is 12.5. The first-order chi connectivity index (χ1) is 14.5. The summed E-state index contributed by atoms with van der Waals surface area (Å²) in [6, 6.07) is 14.3. The first-order valence-corrected chi connectivity index (χ1v) is 11.7. The molecule has 0 radical (unpaired) electrons. The predicted molar refractivity (Wildman–Crippen MR) is 118 cm³/mol. The van der Waals surface area contributed by atoms with Gasteiger partial charge in [-0.15, -0.1) is 0 Å². The molecule has 7 heteroatoms. The van der Waals surface area contributed by atoms with Crippen molar-refractivity contribution in [3.8, 4) is 11.1 Å². The van der Waals surface area contributed by atoms with Crippen molar-refractivity contribution in [2.24, 2.45) is 0 Å². The summed E-state index contributed by atoms with van der Waals surface area (Å²) >= 11 is 0. The Hall–Kier alpha value is -2.24. The van der Waals surface area contributed by atoms with Gasteiger partial charge in [-0.3, -0.25) is 13.8 Å². The Morgan fingerprint density at radius 1 is 1.10 bits per heavy atom. The number of phosphoric ester groups is 1. The van der Waals surface area contributed by atoms with E-state index >= 15 is 0 Å². The number of hydrogen-bond donors (Lipinski definition) is 2. The molecule has 0 spiro atoms. The third-order valence-electron chi connectivity index (χ3n) is 5.04. The summed E-state index contributed by atoms with van der Waals surface area (Å²) in [5.74, 6) is -0.0439. The van der Waals surface area contributed by atoms with Gasteiger partial charge >= 0.3 is 7.82 Å². The van der Waals surface area contributed by atoms with E-state index in [0.29, 0.717) is 25.8 Å². The van der Waals surface area contributed by atoms with Crippen molar-refractivity contribution < 1.29 is 23.3 Å². The molecular weight excluding hydrogens is 401 g/mol. The van der Waals surface area contributed by atoms with Gasteiger partial charge < -0.3 is 10.2 Å². The van der Waals surface area contributed by atoms with Crippen molar-refractivity contribution in [2.45, 2.75) is 32.1 Å². The highest BCUT2D eigenvalue weighted by atomic mass is 31.2. The van der Waals surface area contributed by atoms with Crippen LogP contribution < -0.4 is 15.8 Å². The molecule has 0 bridgehead atoms. The van der Waals surface area contributed by atoms with Crippen LogP contribution in [-0.2, 0) is 24.8 Å². The number of phosphoric acid groups is 1. The molecule has 0 saturated carbocycles. The van der Waals surface area contributed by atoms with E-state index in [9.17, 15) is 14.3 Å². The number of nitrogens with one attached hydrogen (secondary N) is 1. The summed E-state index contributed by atoms with van der Waals surface area (Å²) in [4.78, 5) is 21.7. The molecule has 6 nitrogen and oxygen atoms in total. The SMILES string of the molecule is COP(=O)(O)OCCCCNC(=O)Cc1ccc2c(c1-c1ccccc1)=CCCC=2. The molecule has 2 aromatic rings. The van der Waals surface area contributed by atoms with Crippen LogP contribution in [0.4, 0.5) is 0 Å². The first kappa shape index (κ1) is 22.4. The van der Waals surface area contributed by atoms with Gasteiger partial charge in [0.05, 0.1) is 13.0 Å². The minimum atomic E-state index is -3.92. The lowest BCUT2D eigenvalue weighted by Crippen LogP contribution is -2.32. The van der Waals surface area contributed by atoms with E-state index < -0.39 is 7.82 Å². The Labute approximate surface area is 176 Å². The number of carbonyl (C=O) groups excluding carboxylic acids is 1. The molecular formula is C23H28NO5P. The Morgan fingerprint density at radius 3 is 2.63 bits per heavy atom. The van der Waals surface area contributed by atoms with Crippen LogP contribution in [0.2, 0.25) is 0 Å². The van der Waals surface area contributed by atoms with Crippen LogP contribution in [0, 0.1) is 0 Å². The quantitative estimate of drug-likeness (QED) is 0.448. The van der Waals surface area contributed by atoms with Crippen molar-refractivity contribution >= 4 is 25.9 Å². The fraction of sp³-hybridized carbons (Fsp3) is 0.348. The number of amides is 1. The number of unbranched alkanes of at least 4 members (excludes halogenated alkanes) is 1. The van der Waals surface area contributed by atoms with Crippen LogP contribution in [0.25, 0.3) is 23.3 Å². The monoisotopic (exact) mass is 429 g/mol. The second-order valence-corrected chi connectivity index (χ2v) is 8.73. The predicted octanol–water partition coefficient (Wildman–Crippen LogP) is 2.91. The summed E-state index contributed by atoms with van der Waals surface area (Å²) < 4.78 is 20.3. The highest BCUT2D eigenvalue weighted by Crippen LogP contribution is 2.41. The number of benzene rings is 2. The van der Waals surface area contributed by atoms with Crippen LogP contribution in [0.3, 0.4) is 0 Å². The lowest BCUT2D eigenvalue weighted by Gasteiger charge is -2.14. The highest BCUT2D eigenvalue weighted by molar-refractivity contribution is 7.47. The molecule has 1 aliphatic carbocycles. The summed E-state index contributed by atoms with van der Waals surface area (Å²) in [5.41, 5.74) is 3.26. The normalized spacial score (nSPS) is 14.7. The zero-order chi connectivity index (χ0) is 21.4. The van der Waals surface area contributed by atoms with Gasteiger partial charge in [0.25, 0.3) is 0 Å². The van der Waals surface area contributed by atoms with E-state index in [0.717, 1.165) is 36.6 Å². The van der Waals surface area contributed by atoms with Crippen LogP contribution in [-0.4, -0.2) is 31.1 Å². The second kappa shape index (κ2) is 10.7. The molecule has 30 heavy (non-hydrogen) atoms. The Balaban J connectivity index is 1.63. The average Bonchev–Trinajstić information content (AvgIpc) is 2.76. The van der Waals surface area contributed by atoms with E-state index in [1.807, 2.05) is 24.3 Å². The van der Waals surface area contributed by atoms with E-state index in [1.54, 1.807) is 0 Å². The average molecular weight is 429 g/mol. The van der Waals surface area contributed by atoms with E-state index in [-0.39, 0.29) is 12.5 Å². The molecule has 2 N–H and O–H groups in total. The minimum absolute atomic E-state index is 0.0439. The number of fused-ring (bicyclic) bond motifs is 1. The first-order valence-electron chi connectivity index (χ1n) is 10.2. The van der Waals surface area contributed by atoms with Crippen molar-refractivity contribution in [2.75, 3.05) is 20.3 Å².